The van der Waals surface area contributed by atoms with Crippen LogP contribution in [0.3, 0.4) is 0 Å². The number of aromatic nitrogens is 5. The number of hydrogen-bond donors (Lipinski definition) is 4. The Morgan fingerprint density at radius 3 is 2.88 bits per heavy atom. The van der Waals surface area contributed by atoms with Gasteiger partial charge >= 0.3 is 0 Å². The van der Waals surface area contributed by atoms with E-state index in [1.807, 2.05) is 0 Å². The Morgan fingerprint density at radius 2 is 2.10 bits per heavy atom. The van der Waals surface area contributed by atoms with Crippen molar-refractivity contribution in [3.05, 3.63) is 51.2 Å². The van der Waals surface area contributed by atoms with E-state index in [0.29, 0.717) is 41.8 Å². The quantitative estimate of drug-likeness (QED) is 0.179. The van der Waals surface area contributed by atoms with E-state index < -0.39 is 16.1 Å². The Kier molecular flexibility index (Phi) is 7.12. The predicted molar refractivity (Wildman–Crippen MR) is 151 cm³/mol. The Balaban J connectivity index is 1.26. The summed E-state index contributed by atoms with van der Waals surface area (Å²) in [5, 5.41) is 26.2. The zero-order valence-electron chi connectivity index (χ0n) is 21.6. The SMILES string of the molecule is CC1Cc2nc(C(=O)N3CCN(S(=O)(=O)c4cc5cc(C(=N)N)ccc5s4)CC3CCc3nnn[nH]3)sc2CN1. The van der Waals surface area contributed by atoms with Crippen LogP contribution >= 0.6 is 22.7 Å². The van der Waals surface area contributed by atoms with Crippen LogP contribution in [0.2, 0.25) is 0 Å². The number of sulfonamides is 1. The van der Waals surface area contributed by atoms with Crippen LogP contribution in [-0.2, 0) is 29.4 Å². The van der Waals surface area contributed by atoms with Crippen molar-refractivity contribution in [2.24, 2.45) is 5.73 Å². The van der Waals surface area contributed by atoms with Crippen LogP contribution in [0, 0.1) is 5.41 Å². The summed E-state index contributed by atoms with van der Waals surface area (Å²) in [5.74, 6) is 0.321. The van der Waals surface area contributed by atoms with Gasteiger partial charge in [0.1, 0.15) is 15.9 Å². The molecule has 210 valence electrons. The highest BCUT2D eigenvalue weighted by molar-refractivity contribution is 7.91. The van der Waals surface area contributed by atoms with Crippen molar-refractivity contribution in [2.45, 2.75) is 49.0 Å². The van der Waals surface area contributed by atoms with E-state index in [-0.39, 0.29) is 35.6 Å². The molecule has 1 fully saturated rings. The number of aryl methyl sites for hydroxylation is 1. The third-order valence-corrected chi connectivity index (χ3v) is 11.8. The highest BCUT2D eigenvalue weighted by Crippen LogP contribution is 2.33. The topological polar surface area (TPSA) is 187 Å². The Morgan fingerprint density at radius 1 is 1.25 bits per heavy atom. The first-order chi connectivity index (χ1) is 19.2. The van der Waals surface area contributed by atoms with Gasteiger partial charge in [0.25, 0.3) is 15.9 Å². The second-order valence-electron chi connectivity index (χ2n) is 10.0. The number of nitrogens with two attached hydrogens (primary N) is 1. The number of tetrazole rings is 1. The van der Waals surface area contributed by atoms with Crippen molar-refractivity contribution >= 4 is 54.5 Å². The number of benzene rings is 1. The highest BCUT2D eigenvalue weighted by atomic mass is 32.2. The van der Waals surface area contributed by atoms with Crippen molar-refractivity contribution in [3.63, 3.8) is 0 Å². The number of carbonyl (C=O) groups is 1. The number of fused-ring (bicyclic) bond motifs is 2. The minimum atomic E-state index is -3.82. The number of amides is 1. The highest BCUT2D eigenvalue weighted by Gasteiger charge is 2.38. The van der Waals surface area contributed by atoms with Gasteiger partial charge in [0, 0.05) is 66.2 Å². The van der Waals surface area contributed by atoms with Gasteiger partial charge in [-0.05, 0) is 53.4 Å². The second kappa shape index (κ2) is 10.6. The normalized spacial score (nSPS) is 20.1. The zero-order valence-corrected chi connectivity index (χ0v) is 24.1. The number of H-pyrrole nitrogens is 1. The molecule has 1 amide bonds. The third-order valence-electron chi connectivity index (χ3n) is 7.28. The largest absolute Gasteiger partial charge is 0.384 e. The van der Waals surface area contributed by atoms with Crippen molar-refractivity contribution in [3.8, 4) is 0 Å². The Hall–Kier alpha value is -3.31. The first kappa shape index (κ1) is 26.9. The molecule has 6 rings (SSSR count). The van der Waals surface area contributed by atoms with Crippen molar-refractivity contribution < 1.29 is 13.2 Å². The Bertz CT molecular complexity index is 1680. The van der Waals surface area contributed by atoms with Gasteiger partial charge in [-0.15, -0.1) is 27.8 Å². The second-order valence-corrected chi connectivity index (χ2v) is 14.3. The van der Waals surface area contributed by atoms with E-state index >= 15 is 0 Å². The maximum atomic E-state index is 13.8. The van der Waals surface area contributed by atoms with Crippen molar-refractivity contribution in [1.82, 2.24) is 40.1 Å². The summed E-state index contributed by atoms with van der Waals surface area (Å²) in [4.78, 5) is 21.2. The average molecular weight is 601 g/mol. The first-order valence-electron chi connectivity index (χ1n) is 12.8. The molecule has 3 aromatic heterocycles. The lowest BCUT2D eigenvalue weighted by Gasteiger charge is -2.40. The maximum absolute atomic E-state index is 13.8. The van der Waals surface area contributed by atoms with Gasteiger partial charge in [-0.1, -0.05) is 0 Å². The molecule has 2 atom stereocenters. The molecule has 2 aliphatic rings. The van der Waals surface area contributed by atoms with Crippen LogP contribution in [0.1, 0.15) is 45.1 Å². The van der Waals surface area contributed by atoms with E-state index in [4.69, 9.17) is 11.1 Å². The summed E-state index contributed by atoms with van der Waals surface area (Å²) in [6.07, 6.45) is 1.71. The molecule has 0 aliphatic carbocycles. The molecule has 2 unspecified atom stereocenters. The van der Waals surface area contributed by atoms with Gasteiger partial charge in [-0.3, -0.25) is 10.2 Å². The van der Waals surface area contributed by atoms with Gasteiger partial charge in [0.15, 0.2) is 5.01 Å². The number of hydrogen-bond acceptors (Lipinski definition) is 11. The minimum Gasteiger partial charge on any atom is -0.384 e. The summed E-state index contributed by atoms with van der Waals surface area (Å²) in [7, 11) is -3.82. The van der Waals surface area contributed by atoms with Crippen LogP contribution < -0.4 is 11.1 Å². The van der Waals surface area contributed by atoms with Gasteiger partial charge < -0.3 is 16.0 Å². The van der Waals surface area contributed by atoms with E-state index in [9.17, 15) is 13.2 Å². The van der Waals surface area contributed by atoms with Crippen LogP contribution in [-0.4, -0.2) is 86.7 Å². The number of aromatic amines is 1. The summed E-state index contributed by atoms with van der Waals surface area (Å²) in [5.41, 5.74) is 7.11. The van der Waals surface area contributed by atoms with Crippen LogP contribution in [0.5, 0.6) is 0 Å². The minimum absolute atomic E-state index is 0.0741. The molecule has 0 spiro atoms. The lowest BCUT2D eigenvalue weighted by molar-refractivity contribution is 0.0550. The predicted octanol–water partition coefficient (Wildman–Crippen LogP) is 1.34. The number of nitrogens with zero attached hydrogens (tertiary/aromatic N) is 6. The van der Waals surface area contributed by atoms with E-state index in [1.165, 1.54) is 27.0 Å². The number of carbonyl (C=O) groups excluding carboxylic acids is 1. The molecule has 4 aromatic rings. The summed E-state index contributed by atoms with van der Waals surface area (Å²) < 4.78 is 30.0. The van der Waals surface area contributed by atoms with E-state index in [0.717, 1.165) is 27.1 Å². The molecule has 1 saturated heterocycles. The van der Waals surface area contributed by atoms with Crippen molar-refractivity contribution in [1.29, 1.82) is 5.41 Å². The van der Waals surface area contributed by atoms with Crippen LogP contribution in [0.15, 0.2) is 28.5 Å². The molecule has 0 saturated carbocycles. The lowest BCUT2D eigenvalue weighted by atomic mass is 10.1. The molecule has 5 heterocycles. The summed E-state index contributed by atoms with van der Waals surface area (Å²) in [6, 6.07) is 6.76. The fraction of sp³-hybridized carbons (Fsp3) is 0.417. The average Bonchev–Trinajstić information content (AvgIpc) is 3.70. The third kappa shape index (κ3) is 5.12. The number of amidine groups is 1. The number of piperazine rings is 1. The molecule has 1 aromatic carbocycles. The van der Waals surface area contributed by atoms with Gasteiger partial charge in [-0.25, -0.2) is 18.5 Å². The van der Waals surface area contributed by atoms with Crippen LogP contribution in [0.25, 0.3) is 10.1 Å². The molecular weight excluding hydrogens is 573 g/mol. The summed E-state index contributed by atoms with van der Waals surface area (Å²) >= 11 is 2.59. The maximum Gasteiger partial charge on any atom is 0.283 e. The van der Waals surface area contributed by atoms with E-state index in [2.05, 4.69) is 37.8 Å². The molecule has 5 N–H and O–H groups in total. The van der Waals surface area contributed by atoms with E-state index in [1.54, 1.807) is 29.2 Å². The number of rotatable bonds is 7. The van der Waals surface area contributed by atoms with Gasteiger partial charge in [0.2, 0.25) is 0 Å². The van der Waals surface area contributed by atoms with Crippen molar-refractivity contribution in [2.75, 3.05) is 19.6 Å². The first-order valence-corrected chi connectivity index (χ1v) is 15.9. The fourth-order valence-electron chi connectivity index (χ4n) is 5.11. The summed E-state index contributed by atoms with van der Waals surface area (Å²) in [6.45, 7) is 3.35. The molecule has 13 nitrogen and oxygen atoms in total. The lowest BCUT2D eigenvalue weighted by Crippen LogP contribution is -2.56. The molecule has 16 heteroatoms. The smallest absolute Gasteiger partial charge is 0.283 e. The number of thiazole rings is 1. The number of nitrogen functional groups attached to an aromatic ring is 1. The monoisotopic (exact) mass is 600 g/mol. The zero-order chi connectivity index (χ0) is 28.0. The molecule has 2 aliphatic heterocycles. The fourth-order valence-corrected chi connectivity index (χ4v) is 9.11. The number of thiophene rings is 1. The molecular formula is C24H28N10O3S3. The molecule has 0 bridgehead atoms. The molecule has 40 heavy (non-hydrogen) atoms. The molecule has 0 radical (unpaired) electrons. The van der Waals surface area contributed by atoms with Crippen LogP contribution in [0.4, 0.5) is 0 Å². The standard InChI is InChI=1S/C24H28N10O3S3/c1-13-8-17-19(11-27-13)39-23(28-17)24(35)34-7-6-33(12-16(34)3-5-20-29-31-32-30-20)40(36,37)21-10-15-9-14(22(25)26)2-4-18(15)38-21/h2,4,9-10,13,16,27H,3,5-8,11-12H2,1H3,(H3,25,26)(H,29,30,31,32). The van der Waals surface area contributed by atoms with Gasteiger partial charge in [0.05, 0.1) is 5.69 Å². The number of nitrogens with one attached hydrogen (secondary N) is 3. The Labute approximate surface area is 238 Å². The van der Waals surface area contributed by atoms with Gasteiger partial charge in [-0.2, -0.15) is 4.31 Å².